The molecule has 8 heteroatoms. The Labute approximate surface area is 184 Å². The standard InChI is InChI=1S/C22H31N3O3S2/c1-5-17(4)25(20-10-13-30(27,28)15-20)21(26)14-29-22-23-11-12-24(22)19-8-6-18(7-9-19)16(2)3/h6-9,11-12,16-17,20H,5,10,13-15H2,1-4H3. The highest BCUT2D eigenvalue weighted by Gasteiger charge is 2.36. The Bertz CT molecular complexity index is 968. The van der Waals surface area contributed by atoms with E-state index < -0.39 is 9.84 Å². The van der Waals surface area contributed by atoms with Crippen molar-refractivity contribution in [2.45, 2.75) is 63.7 Å². The number of carbonyl (C=O) groups is 1. The zero-order chi connectivity index (χ0) is 21.9. The van der Waals surface area contributed by atoms with E-state index in [-0.39, 0.29) is 35.2 Å². The maximum atomic E-state index is 13.1. The molecule has 3 rings (SSSR count). The molecule has 1 fully saturated rings. The first-order valence-electron chi connectivity index (χ1n) is 10.5. The molecule has 0 saturated carbocycles. The molecule has 1 saturated heterocycles. The maximum absolute atomic E-state index is 13.1. The van der Waals surface area contributed by atoms with E-state index in [4.69, 9.17) is 0 Å². The Balaban J connectivity index is 1.71. The highest BCUT2D eigenvalue weighted by molar-refractivity contribution is 7.99. The second-order valence-electron chi connectivity index (χ2n) is 8.23. The van der Waals surface area contributed by atoms with Gasteiger partial charge in [-0.2, -0.15) is 0 Å². The number of sulfone groups is 1. The molecule has 0 aliphatic carbocycles. The first kappa shape index (κ1) is 22.9. The lowest BCUT2D eigenvalue weighted by Crippen LogP contribution is -2.47. The molecular weight excluding hydrogens is 418 g/mol. The van der Waals surface area contributed by atoms with Gasteiger partial charge < -0.3 is 4.90 Å². The molecule has 1 aromatic carbocycles. The third kappa shape index (κ3) is 5.27. The summed E-state index contributed by atoms with van der Waals surface area (Å²) in [6, 6.07) is 8.16. The summed E-state index contributed by atoms with van der Waals surface area (Å²) in [4.78, 5) is 19.3. The van der Waals surface area contributed by atoms with Crippen LogP contribution in [0.2, 0.25) is 0 Å². The van der Waals surface area contributed by atoms with Crippen molar-refractivity contribution in [2.75, 3.05) is 17.3 Å². The van der Waals surface area contributed by atoms with Crippen LogP contribution in [-0.4, -0.2) is 58.1 Å². The summed E-state index contributed by atoms with van der Waals surface area (Å²) in [5, 5.41) is 0.754. The van der Waals surface area contributed by atoms with E-state index in [9.17, 15) is 13.2 Å². The third-order valence-electron chi connectivity index (χ3n) is 5.72. The number of hydrogen-bond acceptors (Lipinski definition) is 5. The Kier molecular flexibility index (Phi) is 7.29. The van der Waals surface area contributed by atoms with Crippen LogP contribution in [0, 0.1) is 0 Å². The fourth-order valence-electron chi connectivity index (χ4n) is 3.81. The van der Waals surface area contributed by atoms with E-state index in [1.54, 1.807) is 11.1 Å². The first-order valence-corrected chi connectivity index (χ1v) is 13.3. The maximum Gasteiger partial charge on any atom is 0.233 e. The zero-order valence-electron chi connectivity index (χ0n) is 18.1. The van der Waals surface area contributed by atoms with Gasteiger partial charge in [0.2, 0.25) is 5.91 Å². The van der Waals surface area contributed by atoms with Gasteiger partial charge in [-0.05, 0) is 43.4 Å². The summed E-state index contributed by atoms with van der Waals surface area (Å²) >= 11 is 1.39. The van der Waals surface area contributed by atoms with Gasteiger partial charge in [-0.25, -0.2) is 13.4 Å². The van der Waals surface area contributed by atoms with Crippen molar-refractivity contribution >= 4 is 27.5 Å². The van der Waals surface area contributed by atoms with Crippen LogP contribution in [0.15, 0.2) is 41.8 Å². The van der Waals surface area contributed by atoms with Crippen LogP contribution in [0.25, 0.3) is 5.69 Å². The number of amides is 1. The second kappa shape index (κ2) is 9.56. The van der Waals surface area contributed by atoms with Crippen molar-refractivity contribution in [1.82, 2.24) is 14.5 Å². The van der Waals surface area contributed by atoms with Crippen molar-refractivity contribution in [3.8, 4) is 5.69 Å². The highest BCUT2D eigenvalue weighted by Crippen LogP contribution is 2.26. The van der Waals surface area contributed by atoms with E-state index in [1.807, 2.05) is 24.6 Å². The summed E-state index contributed by atoms with van der Waals surface area (Å²) in [7, 11) is -3.04. The van der Waals surface area contributed by atoms with Gasteiger partial charge in [0, 0.05) is 30.2 Å². The van der Waals surface area contributed by atoms with Crippen molar-refractivity contribution in [3.63, 3.8) is 0 Å². The number of rotatable bonds is 8. The molecule has 6 nitrogen and oxygen atoms in total. The lowest BCUT2D eigenvalue weighted by Gasteiger charge is -2.33. The number of imidazole rings is 1. The molecule has 30 heavy (non-hydrogen) atoms. The number of hydrogen-bond donors (Lipinski definition) is 0. The van der Waals surface area contributed by atoms with Gasteiger partial charge in [0.1, 0.15) is 0 Å². The lowest BCUT2D eigenvalue weighted by atomic mass is 10.0. The topological polar surface area (TPSA) is 72.3 Å². The molecule has 2 unspecified atom stereocenters. The minimum atomic E-state index is -3.04. The smallest absolute Gasteiger partial charge is 0.233 e. The van der Waals surface area contributed by atoms with Crippen LogP contribution < -0.4 is 0 Å². The Hall–Kier alpha value is -1.80. The largest absolute Gasteiger partial charge is 0.335 e. The minimum Gasteiger partial charge on any atom is -0.335 e. The van der Waals surface area contributed by atoms with Gasteiger partial charge in [-0.3, -0.25) is 9.36 Å². The average Bonchev–Trinajstić information content (AvgIpc) is 3.32. The van der Waals surface area contributed by atoms with E-state index in [0.717, 1.165) is 17.3 Å². The van der Waals surface area contributed by atoms with Gasteiger partial charge in [-0.15, -0.1) is 0 Å². The predicted octanol–water partition coefficient (Wildman–Crippen LogP) is 3.90. The van der Waals surface area contributed by atoms with Crippen molar-refractivity contribution in [2.24, 2.45) is 0 Å². The molecule has 2 heterocycles. The van der Waals surface area contributed by atoms with Crippen LogP contribution in [0.4, 0.5) is 0 Å². The van der Waals surface area contributed by atoms with Gasteiger partial charge in [0.25, 0.3) is 0 Å². The molecule has 1 amide bonds. The molecule has 0 bridgehead atoms. The molecule has 164 valence electrons. The van der Waals surface area contributed by atoms with Gasteiger partial charge in [0.05, 0.1) is 17.3 Å². The monoisotopic (exact) mass is 449 g/mol. The fourth-order valence-corrected chi connectivity index (χ4v) is 6.37. The van der Waals surface area contributed by atoms with Crippen LogP contribution in [0.1, 0.15) is 52.0 Å². The Morgan fingerprint density at radius 1 is 1.27 bits per heavy atom. The van der Waals surface area contributed by atoms with Gasteiger partial charge in [0.15, 0.2) is 15.0 Å². The number of benzene rings is 1. The van der Waals surface area contributed by atoms with Crippen molar-refractivity contribution in [1.29, 1.82) is 0 Å². The number of nitrogens with zero attached hydrogens (tertiary/aromatic N) is 3. The molecule has 0 spiro atoms. The summed E-state index contributed by atoms with van der Waals surface area (Å²) in [5.41, 5.74) is 2.28. The Morgan fingerprint density at radius 2 is 1.97 bits per heavy atom. The third-order valence-corrected chi connectivity index (χ3v) is 8.43. The van der Waals surface area contributed by atoms with E-state index in [1.165, 1.54) is 17.3 Å². The molecule has 1 aliphatic heterocycles. The van der Waals surface area contributed by atoms with Gasteiger partial charge >= 0.3 is 0 Å². The quantitative estimate of drug-likeness (QED) is 0.572. The molecule has 0 N–H and O–H groups in total. The van der Waals surface area contributed by atoms with E-state index >= 15 is 0 Å². The van der Waals surface area contributed by atoms with Crippen LogP contribution in [0.5, 0.6) is 0 Å². The first-order chi connectivity index (χ1) is 14.2. The second-order valence-corrected chi connectivity index (χ2v) is 11.4. The summed E-state index contributed by atoms with van der Waals surface area (Å²) in [6.45, 7) is 8.34. The zero-order valence-corrected chi connectivity index (χ0v) is 19.7. The predicted molar refractivity (Wildman–Crippen MR) is 122 cm³/mol. The van der Waals surface area contributed by atoms with E-state index in [0.29, 0.717) is 12.3 Å². The van der Waals surface area contributed by atoms with Gasteiger partial charge in [-0.1, -0.05) is 44.7 Å². The van der Waals surface area contributed by atoms with Crippen molar-refractivity contribution < 1.29 is 13.2 Å². The molecule has 2 aromatic rings. The van der Waals surface area contributed by atoms with Crippen molar-refractivity contribution in [3.05, 3.63) is 42.2 Å². The molecule has 1 aliphatic rings. The number of thioether (sulfide) groups is 1. The van der Waals surface area contributed by atoms with Crippen LogP contribution >= 0.6 is 11.8 Å². The number of aromatic nitrogens is 2. The fraction of sp³-hybridized carbons (Fsp3) is 0.545. The highest BCUT2D eigenvalue weighted by atomic mass is 32.2. The molecule has 1 aromatic heterocycles. The number of carbonyl (C=O) groups excluding carboxylic acids is 1. The Morgan fingerprint density at radius 3 is 2.53 bits per heavy atom. The average molecular weight is 450 g/mol. The summed E-state index contributed by atoms with van der Waals surface area (Å²) in [5.74, 6) is 0.925. The molecular formula is C22H31N3O3S2. The normalized spacial score (nSPS) is 19.2. The lowest BCUT2D eigenvalue weighted by molar-refractivity contribution is -0.132. The van der Waals surface area contributed by atoms with Crippen LogP contribution in [-0.2, 0) is 14.6 Å². The molecule has 2 atom stereocenters. The van der Waals surface area contributed by atoms with Crippen LogP contribution in [0.3, 0.4) is 0 Å². The summed E-state index contributed by atoms with van der Waals surface area (Å²) < 4.78 is 25.9. The summed E-state index contributed by atoms with van der Waals surface area (Å²) in [6.07, 6.45) is 4.95. The minimum absolute atomic E-state index is 0.0136. The molecule has 0 radical (unpaired) electrons. The van der Waals surface area contributed by atoms with E-state index in [2.05, 4.69) is 43.1 Å². The SMILES string of the molecule is CCC(C)N(C(=O)CSc1nccn1-c1ccc(C(C)C)cc1)C1CCS(=O)(=O)C1.